The van der Waals surface area contributed by atoms with E-state index in [4.69, 9.17) is 14.2 Å². The summed E-state index contributed by atoms with van der Waals surface area (Å²) in [5.41, 5.74) is 0. The van der Waals surface area contributed by atoms with Gasteiger partial charge >= 0.3 is 11.9 Å². The van der Waals surface area contributed by atoms with E-state index in [1.54, 1.807) is 21.1 Å². The summed E-state index contributed by atoms with van der Waals surface area (Å²) in [6.07, 6.45) is 58.2. The number of carboxylic acids is 1. The number of unbranched alkanes of at least 4 members (excludes halogenated alkanes) is 15. The molecule has 61 heavy (non-hydrogen) atoms. The van der Waals surface area contributed by atoms with Crippen LogP contribution >= 0.6 is 0 Å². The van der Waals surface area contributed by atoms with Crippen LogP contribution in [0, 0.1) is 0 Å². The summed E-state index contributed by atoms with van der Waals surface area (Å²) in [6, 6.07) is -0.743. The van der Waals surface area contributed by atoms with Crippen LogP contribution < -0.4 is 5.11 Å². The quantitative estimate of drug-likeness (QED) is 0.0262. The number of aliphatic carboxylic acids is 1. The average molecular weight is 848 g/mol. The van der Waals surface area contributed by atoms with Gasteiger partial charge < -0.3 is 28.6 Å². The van der Waals surface area contributed by atoms with Gasteiger partial charge in [0.05, 0.1) is 40.3 Å². The Morgan fingerprint density at radius 1 is 0.508 bits per heavy atom. The van der Waals surface area contributed by atoms with Crippen molar-refractivity contribution in [2.75, 3.05) is 41.0 Å². The Balaban J connectivity index is 4.48. The zero-order valence-electron chi connectivity index (χ0n) is 39.0. The van der Waals surface area contributed by atoms with Gasteiger partial charge in [-0.1, -0.05) is 187 Å². The third-order valence-corrected chi connectivity index (χ3v) is 9.87. The second-order valence-electron chi connectivity index (χ2n) is 16.5. The molecule has 0 aliphatic heterocycles. The summed E-state index contributed by atoms with van der Waals surface area (Å²) in [5, 5.41) is 11.6. The molecule has 0 saturated heterocycles. The van der Waals surface area contributed by atoms with Crippen LogP contribution in [0.5, 0.6) is 0 Å². The molecule has 8 heteroatoms. The van der Waals surface area contributed by atoms with Crippen LogP contribution in [0.25, 0.3) is 0 Å². The fraction of sp³-hybridized carbons (Fsp3) is 0.604. The van der Waals surface area contributed by atoms with Crippen molar-refractivity contribution in [1.29, 1.82) is 0 Å². The zero-order valence-corrected chi connectivity index (χ0v) is 39.0. The molecule has 0 aliphatic carbocycles. The molecule has 344 valence electrons. The maximum Gasteiger partial charge on any atom is 0.306 e. The van der Waals surface area contributed by atoms with Crippen LogP contribution in [0.3, 0.4) is 0 Å². The number of carbonyl (C=O) groups is 3. The third-order valence-electron chi connectivity index (χ3n) is 9.87. The molecule has 0 rings (SSSR count). The molecule has 0 spiro atoms. The average Bonchev–Trinajstić information content (AvgIpc) is 3.22. The molecule has 0 saturated carbocycles. The molecule has 0 aromatic carbocycles. The molecule has 0 bridgehead atoms. The summed E-state index contributed by atoms with van der Waals surface area (Å²) < 4.78 is 17.1. The van der Waals surface area contributed by atoms with Crippen molar-refractivity contribution in [3.8, 4) is 0 Å². The van der Waals surface area contributed by atoms with Gasteiger partial charge in [0.25, 0.3) is 0 Å². The molecule has 0 aromatic heterocycles. The van der Waals surface area contributed by atoms with Gasteiger partial charge in [-0.25, -0.2) is 0 Å². The SMILES string of the molecule is CC/C=C/C=C/C=C/C=C/C=C/C=C/C=C/CCCCCC(=O)OCC(COCCC(C(=O)[O-])[N+](C)(C)C)OC(=O)CCCCCCC/C=C/C=C/CCCCCCCCC. The summed E-state index contributed by atoms with van der Waals surface area (Å²) >= 11 is 0. The van der Waals surface area contributed by atoms with Crippen molar-refractivity contribution in [1.82, 2.24) is 0 Å². The van der Waals surface area contributed by atoms with E-state index in [0.29, 0.717) is 6.42 Å². The number of nitrogens with zero attached hydrogens (tertiary/aromatic N) is 1. The largest absolute Gasteiger partial charge is 0.544 e. The highest BCUT2D eigenvalue weighted by Crippen LogP contribution is 2.12. The van der Waals surface area contributed by atoms with E-state index in [1.807, 2.05) is 72.9 Å². The summed E-state index contributed by atoms with van der Waals surface area (Å²) in [6.45, 7) is 4.43. The van der Waals surface area contributed by atoms with Gasteiger partial charge in [0, 0.05) is 19.3 Å². The number of likely N-dealkylation sites (N-methyl/N-ethyl adjacent to an activating group) is 1. The van der Waals surface area contributed by atoms with Gasteiger partial charge in [0.1, 0.15) is 12.6 Å². The molecule has 0 N–H and O–H groups in total. The highest BCUT2D eigenvalue weighted by Gasteiger charge is 2.25. The number of carbonyl (C=O) groups excluding carboxylic acids is 3. The Kier molecular flexibility index (Phi) is 39.9. The summed E-state index contributed by atoms with van der Waals surface area (Å²) in [7, 11) is 5.38. The minimum absolute atomic E-state index is 0.0115. The maximum atomic E-state index is 12.7. The number of ether oxygens (including phenoxy) is 3. The molecule has 0 amide bonds. The standard InChI is InChI=1S/C53H85NO7/c1-6-8-10-12-14-16-18-20-22-24-26-28-29-31-33-35-37-39-41-43-51(55)60-48-49(47-59-46-45-50(53(57)58)54(3,4)5)61-52(56)44-42-40-38-36-34-32-30-27-25-23-21-19-17-15-13-11-9-7-2/h8,10,12,14,16,18,20,22-31,33,49-50H,6-7,9,11,13,15,17,19,21,32,34-48H2,1-5H3/b10-8+,14-12+,18-16+,22-20+,25-23+,26-24+,29-28+,30-27+,33-31+. The van der Waals surface area contributed by atoms with Crippen molar-refractivity contribution >= 4 is 17.9 Å². The predicted molar refractivity (Wildman–Crippen MR) is 254 cm³/mol. The molecular formula is C53H85NO7. The Morgan fingerprint density at radius 2 is 0.918 bits per heavy atom. The first kappa shape index (κ1) is 57.0. The molecule has 0 aliphatic rings. The molecule has 0 aromatic rings. The lowest BCUT2D eigenvalue weighted by Gasteiger charge is -2.34. The molecular weight excluding hydrogens is 763 g/mol. The van der Waals surface area contributed by atoms with Gasteiger partial charge in [0.2, 0.25) is 0 Å². The van der Waals surface area contributed by atoms with Crippen molar-refractivity contribution in [3.05, 3.63) is 109 Å². The van der Waals surface area contributed by atoms with Gasteiger partial charge in [0.15, 0.2) is 6.10 Å². The van der Waals surface area contributed by atoms with Gasteiger partial charge in [-0.15, -0.1) is 0 Å². The topological polar surface area (TPSA) is 102 Å². The van der Waals surface area contributed by atoms with E-state index in [0.717, 1.165) is 70.6 Å². The highest BCUT2D eigenvalue weighted by atomic mass is 16.6. The molecule has 8 nitrogen and oxygen atoms in total. The van der Waals surface area contributed by atoms with Gasteiger partial charge in [-0.2, -0.15) is 0 Å². The first-order valence-electron chi connectivity index (χ1n) is 23.5. The minimum Gasteiger partial charge on any atom is -0.544 e. The van der Waals surface area contributed by atoms with Crippen LogP contribution in [-0.4, -0.2) is 75.5 Å². The first-order valence-corrected chi connectivity index (χ1v) is 23.5. The first-order chi connectivity index (χ1) is 29.6. The van der Waals surface area contributed by atoms with Gasteiger partial charge in [-0.3, -0.25) is 9.59 Å². The van der Waals surface area contributed by atoms with E-state index in [9.17, 15) is 19.5 Å². The third kappa shape index (κ3) is 41.1. The van der Waals surface area contributed by atoms with Crippen molar-refractivity contribution < 1.29 is 38.2 Å². The maximum absolute atomic E-state index is 12.7. The lowest BCUT2D eigenvalue weighted by molar-refractivity contribution is -0.889. The fourth-order valence-corrected chi connectivity index (χ4v) is 6.22. The number of rotatable bonds is 40. The molecule has 2 unspecified atom stereocenters. The zero-order chi connectivity index (χ0) is 44.9. The van der Waals surface area contributed by atoms with E-state index in [2.05, 4.69) is 50.3 Å². The number of allylic oxidation sites excluding steroid dienone is 18. The monoisotopic (exact) mass is 848 g/mol. The second-order valence-corrected chi connectivity index (χ2v) is 16.5. The van der Waals surface area contributed by atoms with Crippen LogP contribution in [0.15, 0.2) is 109 Å². The smallest absolute Gasteiger partial charge is 0.306 e. The van der Waals surface area contributed by atoms with Crippen molar-refractivity contribution in [2.45, 2.75) is 167 Å². The Bertz CT molecular complexity index is 1360. The minimum atomic E-state index is -1.14. The fourth-order valence-electron chi connectivity index (χ4n) is 6.22. The van der Waals surface area contributed by atoms with Crippen molar-refractivity contribution in [3.63, 3.8) is 0 Å². The lowest BCUT2D eigenvalue weighted by Crippen LogP contribution is -2.55. The number of quaternary nitrogens is 1. The van der Waals surface area contributed by atoms with Crippen LogP contribution in [0.2, 0.25) is 0 Å². The van der Waals surface area contributed by atoms with Crippen LogP contribution in [-0.2, 0) is 28.6 Å². The van der Waals surface area contributed by atoms with E-state index < -0.39 is 18.1 Å². The Morgan fingerprint density at radius 3 is 1.39 bits per heavy atom. The summed E-state index contributed by atoms with van der Waals surface area (Å²) in [5.74, 6) is -1.83. The second kappa shape index (κ2) is 42.7. The summed E-state index contributed by atoms with van der Waals surface area (Å²) in [4.78, 5) is 36.9. The highest BCUT2D eigenvalue weighted by molar-refractivity contribution is 5.70. The normalized spacial score (nSPS) is 13.9. The van der Waals surface area contributed by atoms with E-state index in [-0.39, 0.29) is 55.5 Å². The van der Waals surface area contributed by atoms with Gasteiger partial charge in [-0.05, 0) is 57.8 Å². The van der Waals surface area contributed by atoms with Crippen LogP contribution in [0.4, 0.5) is 0 Å². The molecule has 2 atom stereocenters. The van der Waals surface area contributed by atoms with Crippen LogP contribution in [0.1, 0.15) is 155 Å². The number of esters is 2. The van der Waals surface area contributed by atoms with E-state index in [1.165, 1.54) is 44.9 Å². The molecule has 0 radical (unpaired) electrons. The number of carboxylic acid groups (broad SMARTS) is 1. The Hall–Kier alpha value is -4.01. The number of hydrogen-bond donors (Lipinski definition) is 0. The van der Waals surface area contributed by atoms with E-state index >= 15 is 0 Å². The molecule has 0 heterocycles. The van der Waals surface area contributed by atoms with Crippen molar-refractivity contribution in [2.24, 2.45) is 0 Å². The predicted octanol–water partition coefficient (Wildman–Crippen LogP) is 11.9. The lowest BCUT2D eigenvalue weighted by atomic mass is 10.1. The molecule has 0 fully saturated rings. The Labute approximate surface area is 372 Å². The number of hydrogen-bond acceptors (Lipinski definition) is 7.